The number of sulfonamides is 1. The van der Waals surface area contributed by atoms with Crippen LogP contribution < -0.4 is 5.14 Å². The van der Waals surface area contributed by atoms with Crippen molar-refractivity contribution in [3.05, 3.63) is 35.9 Å². The molecule has 1 aromatic carbocycles. The molecule has 4 nitrogen and oxygen atoms in total. The first-order chi connectivity index (χ1) is 7.80. The number of halogens is 1. The van der Waals surface area contributed by atoms with E-state index in [0.29, 0.717) is 5.56 Å². The van der Waals surface area contributed by atoms with E-state index in [1.54, 1.807) is 30.3 Å². The van der Waals surface area contributed by atoms with E-state index in [2.05, 4.69) is 12.2 Å². The lowest BCUT2D eigenvalue weighted by molar-refractivity contribution is 0.0983. The molecule has 0 aliphatic heterocycles. The molecule has 7 heteroatoms. The van der Waals surface area contributed by atoms with Crippen LogP contribution in [-0.4, -0.2) is 23.8 Å². The van der Waals surface area contributed by atoms with Crippen molar-refractivity contribution in [3.63, 3.8) is 0 Å². The first-order valence-electron chi connectivity index (χ1n) is 4.56. The van der Waals surface area contributed by atoms with Gasteiger partial charge in [-0.3, -0.25) is 4.79 Å². The molecule has 1 aromatic rings. The molecule has 0 aliphatic carbocycles. The number of carbonyl (C=O) groups excluding carboxylic acids is 1. The Labute approximate surface area is 110 Å². The van der Waals surface area contributed by atoms with Gasteiger partial charge in [-0.25, -0.2) is 13.6 Å². The number of thiocarbonyl (C=S) groups is 1. The normalized spacial score (nSPS) is 14.9. The molecule has 0 bridgehead atoms. The molecular formula is C10H10ClNO3S2. The third kappa shape index (κ3) is 3.32. The first-order valence-corrected chi connectivity index (χ1v) is 6.95. The summed E-state index contributed by atoms with van der Waals surface area (Å²) in [5, 5.41) is 5.74. The SMILES string of the molecule is NS(=O)(=O)C(Cl)(C=S)CC(=O)c1ccccc1. The van der Waals surface area contributed by atoms with E-state index in [9.17, 15) is 13.2 Å². The second-order valence-electron chi connectivity index (χ2n) is 3.42. The first kappa shape index (κ1) is 14.2. The summed E-state index contributed by atoms with van der Waals surface area (Å²) in [4.78, 5) is 11.8. The third-order valence-electron chi connectivity index (χ3n) is 2.15. The maximum absolute atomic E-state index is 11.8. The Morgan fingerprint density at radius 3 is 2.35 bits per heavy atom. The molecule has 92 valence electrons. The van der Waals surface area contributed by atoms with Crippen LogP contribution in [0.3, 0.4) is 0 Å². The lowest BCUT2D eigenvalue weighted by Crippen LogP contribution is -2.41. The van der Waals surface area contributed by atoms with Crippen LogP contribution in [0.15, 0.2) is 30.3 Å². The highest BCUT2D eigenvalue weighted by atomic mass is 35.5. The van der Waals surface area contributed by atoms with Crippen LogP contribution in [0, 0.1) is 0 Å². The lowest BCUT2D eigenvalue weighted by atomic mass is 10.1. The van der Waals surface area contributed by atoms with Crippen molar-refractivity contribution in [2.75, 3.05) is 0 Å². The number of benzene rings is 1. The molecule has 1 atom stereocenters. The number of nitrogens with two attached hydrogens (primary N) is 1. The van der Waals surface area contributed by atoms with Crippen LogP contribution in [0.1, 0.15) is 16.8 Å². The molecular weight excluding hydrogens is 282 g/mol. The summed E-state index contributed by atoms with van der Waals surface area (Å²) in [5.41, 5.74) is 0.359. The van der Waals surface area contributed by atoms with E-state index in [4.69, 9.17) is 16.7 Å². The number of hydrogen-bond acceptors (Lipinski definition) is 4. The van der Waals surface area contributed by atoms with Gasteiger partial charge in [0.2, 0.25) is 10.0 Å². The molecule has 1 rings (SSSR count). The largest absolute Gasteiger partial charge is 0.294 e. The maximum atomic E-state index is 11.8. The Hall–Kier alpha value is -0.820. The minimum Gasteiger partial charge on any atom is -0.294 e. The maximum Gasteiger partial charge on any atom is 0.233 e. The van der Waals surface area contributed by atoms with Crippen molar-refractivity contribution in [2.45, 2.75) is 10.6 Å². The zero-order valence-corrected chi connectivity index (χ0v) is 11.1. The van der Waals surface area contributed by atoms with E-state index in [1.807, 2.05) is 0 Å². The molecule has 1 unspecified atom stereocenters. The number of alkyl halides is 1. The van der Waals surface area contributed by atoms with Gasteiger partial charge in [0.1, 0.15) is 0 Å². The molecule has 0 saturated carbocycles. The van der Waals surface area contributed by atoms with E-state index < -0.39 is 26.4 Å². The van der Waals surface area contributed by atoms with Crippen LogP contribution >= 0.6 is 23.8 Å². The monoisotopic (exact) mass is 291 g/mol. The molecule has 0 fully saturated rings. The molecule has 0 saturated heterocycles. The average molecular weight is 292 g/mol. The van der Waals surface area contributed by atoms with Gasteiger partial charge in [0.15, 0.2) is 9.99 Å². The minimum absolute atomic E-state index is 0.359. The molecule has 0 heterocycles. The van der Waals surface area contributed by atoms with Gasteiger partial charge >= 0.3 is 0 Å². The summed E-state index contributed by atoms with van der Waals surface area (Å²) in [6.07, 6.45) is -0.485. The molecule has 0 spiro atoms. The molecule has 0 radical (unpaired) electrons. The van der Waals surface area contributed by atoms with Gasteiger partial charge in [0, 0.05) is 10.9 Å². The fraction of sp³-hybridized carbons (Fsp3) is 0.200. The Bertz CT molecular complexity index is 530. The number of hydrogen-bond donors (Lipinski definition) is 1. The Morgan fingerprint density at radius 2 is 1.94 bits per heavy atom. The average Bonchev–Trinajstić information content (AvgIpc) is 2.28. The molecule has 0 aromatic heterocycles. The summed E-state index contributed by atoms with van der Waals surface area (Å²) in [7, 11) is -4.13. The summed E-state index contributed by atoms with van der Waals surface area (Å²) in [5.74, 6) is -0.435. The van der Waals surface area contributed by atoms with Gasteiger partial charge in [-0.15, -0.1) is 0 Å². The number of carbonyl (C=O) groups is 1. The van der Waals surface area contributed by atoms with Crippen molar-refractivity contribution in [2.24, 2.45) is 5.14 Å². The van der Waals surface area contributed by atoms with Gasteiger partial charge in [-0.1, -0.05) is 54.2 Å². The van der Waals surface area contributed by atoms with Gasteiger partial charge in [0.05, 0.1) is 6.42 Å². The molecule has 0 amide bonds. The highest BCUT2D eigenvalue weighted by Gasteiger charge is 2.39. The lowest BCUT2D eigenvalue weighted by Gasteiger charge is -2.18. The summed E-state index contributed by atoms with van der Waals surface area (Å²) in [6.45, 7) is 0. The number of ketones is 1. The fourth-order valence-electron chi connectivity index (χ4n) is 1.15. The summed E-state index contributed by atoms with van der Waals surface area (Å²) in [6, 6.07) is 8.19. The second-order valence-corrected chi connectivity index (χ2v) is 6.37. The number of Topliss-reactive ketones (excluding diaryl/α,β-unsaturated/α-hetero) is 1. The predicted octanol–water partition coefficient (Wildman–Crippen LogP) is 1.48. The topological polar surface area (TPSA) is 77.2 Å². The van der Waals surface area contributed by atoms with Crippen molar-refractivity contribution >= 4 is 45.0 Å². The predicted molar refractivity (Wildman–Crippen MR) is 70.7 cm³/mol. The van der Waals surface area contributed by atoms with Gasteiger partial charge < -0.3 is 0 Å². The van der Waals surface area contributed by atoms with E-state index in [-0.39, 0.29) is 0 Å². The zero-order valence-electron chi connectivity index (χ0n) is 8.67. The van der Waals surface area contributed by atoms with E-state index >= 15 is 0 Å². The number of primary sulfonamides is 1. The summed E-state index contributed by atoms with van der Waals surface area (Å²) < 4.78 is 20.5. The molecule has 2 N–H and O–H groups in total. The Kier molecular flexibility index (Phi) is 4.37. The van der Waals surface area contributed by atoms with Crippen LogP contribution in [0.5, 0.6) is 0 Å². The quantitative estimate of drug-likeness (QED) is 0.506. The number of rotatable bonds is 5. The summed E-state index contributed by atoms with van der Waals surface area (Å²) >= 11 is 10.3. The van der Waals surface area contributed by atoms with Gasteiger partial charge in [-0.2, -0.15) is 0 Å². The molecule has 0 aliphatic rings. The highest BCUT2D eigenvalue weighted by molar-refractivity contribution is 7.94. The van der Waals surface area contributed by atoms with Gasteiger partial charge in [0.25, 0.3) is 0 Å². The van der Waals surface area contributed by atoms with Crippen LogP contribution in [0.4, 0.5) is 0 Å². The van der Waals surface area contributed by atoms with Crippen molar-refractivity contribution in [3.8, 4) is 0 Å². The smallest absolute Gasteiger partial charge is 0.233 e. The van der Waals surface area contributed by atoms with Crippen LogP contribution in [0.25, 0.3) is 0 Å². The molecule has 17 heavy (non-hydrogen) atoms. The standard InChI is InChI=1S/C10H10ClNO3S2/c11-10(7-16,17(12,14)15)6-9(13)8-4-2-1-3-5-8/h1-5,7H,6H2,(H2,12,14,15). The zero-order chi connectivity index (χ0) is 13.1. The van der Waals surface area contributed by atoms with Gasteiger partial charge in [-0.05, 0) is 0 Å². The van der Waals surface area contributed by atoms with E-state index in [0.717, 1.165) is 5.37 Å². The third-order valence-corrected chi connectivity index (χ3v) is 4.92. The minimum atomic E-state index is -4.13. The second kappa shape index (κ2) is 5.22. The Morgan fingerprint density at radius 1 is 1.41 bits per heavy atom. The van der Waals surface area contributed by atoms with Crippen LogP contribution in [-0.2, 0) is 10.0 Å². The van der Waals surface area contributed by atoms with E-state index in [1.165, 1.54) is 0 Å². The fourth-order valence-corrected chi connectivity index (χ4v) is 2.23. The van der Waals surface area contributed by atoms with Crippen molar-refractivity contribution in [1.82, 2.24) is 0 Å². The van der Waals surface area contributed by atoms with Crippen LogP contribution in [0.2, 0.25) is 0 Å². The van der Waals surface area contributed by atoms with Crippen molar-refractivity contribution < 1.29 is 13.2 Å². The van der Waals surface area contributed by atoms with Crippen molar-refractivity contribution in [1.29, 1.82) is 0 Å². The Balaban J connectivity index is 2.99. The highest BCUT2D eigenvalue weighted by Crippen LogP contribution is 2.25.